The van der Waals surface area contributed by atoms with Gasteiger partial charge in [-0.05, 0) is 61.4 Å². The first-order valence-corrected chi connectivity index (χ1v) is 12.7. The SMILES string of the molecule is [C-]#[N+]c1ccc2c(n1)c(N1C[C@@H](C)N(C(c3ccc(F)cc3)c3ccc(F)cc3)C[C@H]1C)c(Cl)c(=O)n2C. The average Bonchev–Trinajstić information content (AvgIpc) is 2.91. The molecule has 6 nitrogen and oxygen atoms in total. The number of halogens is 3. The average molecular weight is 534 g/mol. The van der Waals surface area contributed by atoms with E-state index in [4.69, 9.17) is 18.2 Å². The van der Waals surface area contributed by atoms with Crippen molar-refractivity contribution in [1.29, 1.82) is 0 Å². The van der Waals surface area contributed by atoms with Crippen molar-refractivity contribution in [3.63, 3.8) is 0 Å². The fourth-order valence-corrected chi connectivity index (χ4v) is 5.69. The second-order valence-corrected chi connectivity index (χ2v) is 10.1. The summed E-state index contributed by atoms with van der Waals surface area (Å²) in [5, 5.41) is 0.0655. The standard InChI is InChI=1S/C29H26ClF2N5O/c1-17-16-37(28-25(30)29(38)35(4)23-13-14-24(33-3)34-26(23)28)18(2)15-36(17)27(19-5-9-21(31)10-6-19)20-7-11-22(32)12-8-20/h5-14,17-18,27H,15-16H2,1-2,4H3/t17-,18-/m1/s1. The van der Waals surface area contributed by atoms with Crippen LogP contribution in [-0.4, -0.2) is 39.6 Å². The molecule has 2 aromatic heterocycles. The predicted molar refractivity (Wildman–Crippen MR) is 146 cm³/mol. The van der Waals surface area contributed by atoms with E-state index in [0.717, 1.165) is 11.1 Å². The van der Waals surface area contributed by atoms with E-state index >= 15 is 0 Å². The van der Waals surface area contributed by atoms with Crippen molar-refractivity contribution in [3.8, 4) is 0 Å². The van der Waals surface area contributed by atoms with Crippen LogP contribution in [0.15, 0.2) is 65.5 Å². The summed E-state index contributed by atoms with van der Waals surface area (Å²) in [6, 6.07) is 15.7. The smallest absolute Gasteiger partial charge is 0.271 e. The van der Waals surface area contributed by atoms with Crippen LogP contribution in [0.25, 0.3) is 15.9 Å². The van der Waals surface area contributed by atoms with E-state index in [2.05, 4.69) is 26.6 Å². The van der Waals surface area contributed by atoms with E-state index in [1.165, 1.54) is 28.8 Å². The van der Waals surface area contributed by atoms with Crippen LogP contribution in [0.3, 0.4) is 0 Å². The Morgan fingerprint density at radius 3 is 2.08 bits per heavy atom. The fourth-order valence-electron chi connectivity index (χ4n) is 5.36. The van der Waals surface area contributed by atoms with E-state index in [0.29, 0.717) is 29.8 Å². The molecule has 0 unspecified atom stereocenters. The van der Waals surface area contributed by atoms with Gasteiger partial charge < -0.3 is 14.3 Å². The Balaban J connectivity index is 1.58. The third kappa shape index (κ3) is 4.53. The Bertz CT molecular complexity index is 1550. The normalized spacial score (nSPS) is 18.2. The van der Waals surface area contributed by atoms with Crippen LogP contribution < -0.4 is 10.5 Å². The van der Waals surface area contributed by atoms with Crippen LogP contribution in [0.4, 0.5) is 20.3 Å². The van der Waals surface area contributed by atoms with Crippen molar-refractivity contribution < 1.29 is 8.78 Å². The Labute approximate surface area is 224 Å². The molecule has 1 fully saturated rings. The highest BCUT2D eigenvalue weighted by Crippen LogP contribution is 2.38. The number of rotatable bonds is 4. The number of anilines is 1. The summed E-state index contributed by atoms with van der Waals surface area (Å²) in [6.07, 6.45) is 0. The summed E-state index contributed by atoms with van der Waals surface area (Å²) >= 11 is 6.66. The lowest BCUT2D eigenvalue weighted by atomic mass is 9.93. The maximum Gasteiger partial charge on any atom is 0.271 e. The molecular weight excluding hydrogens is 508 g/mol. The van der Waals surface area contributed by atoms with Crippen LogP contribution in [0, 0.1) is 18.2 Å². The number of nitrogens with zero attached hydrogens (tertiary/aromatic N) is 5. The van der Waals surface area contributed by atoms with Crippen molar-refractivity contribution in [2.24, 2.45) is 7.05 Å². The lowest BCUT2D eigenvalue weighted by molar-refractivity contribution is 0.130. The van der Waals surface area contributed by atoms with Gasteiger partial charge in [0, 0.05) is 32.2 Å². The number of hydrogen-bond donors (Lipinski definition) is 0. The molecule has 1 aliphatic heterocycles. The molecule has 0 amide bonds. The minimum absolute atomic E-state index is 0.0365. The second-order valence-electron chi connectivity index (χ2n) is 9.73. The molecule has 2 atom stereocenters. The zero-order valence-electron chi connectivity index (χ0n) is 21.2. The van der Waals surface area contributed by atoms with Gasteiger partial charge in [-0.15, -0.1) is 4.98 Å². The number of fused-ring (bicyclic) bond motifs is 1. The minimum atomic E-state index is -0.329. The zero-order chi connectivity index (χ0) is 27.1. The molecule has 0 bridgehead atoms. The zero-order valence-corrected chi connectivity index (χ0v) is 22.0. The van der Waals surface area contributed by atoms with E-state index < -0.39 is 0 Å². The maximum atomic E-state index is 13.8. The third-order valence-corrected chi connectivity index (χ3v) is 7.62. The molecule has 194 valence electrons. The largest absolute Gasteiger partial charge is 0.361 e. The van der Waals surface area contributed by atoms with Gasteiger partial charge in [-0.1, -0.05) is 42.4 Å². The van der Waals surface area contributed by atoms with E-state index in [1.54, 1.807) is 43.4 Å². The molecule has 38 heavy (non-hydrogen) atoms. The van der Waals surface area contributed by atoms with Crippen molar-refractivity contribution in [1.82, 2.24) is 14.5 Å². The Morgan fingerprint density at radius 2 is 1.53 bits per heavy atom. The van der Waals surface area contributed by atoms with Gasteiger partial charge in [0.15, 0.2) is 0 Å². The predicted octanol–water partition coefficient (Wildman–Crippen LogP) is 6.10. The van der Waals surface area contributed by atoms with Gasteiger partial charge in [0.2, 0.25) is 5.52 Å². The van der Waals surface area contributed by atoms with Crippen LogP contribution in [0.5, 0.6) is 0 Å². The van der Waals surface area contributed by atoms with Crippen LogP contribution in [0.2, 0.25) is 5.02 Å². The molecule has 0 spiro atoms. The van der Waals surface area contributed by atoms with Gasteiger partial charge in [0.25, 0.3) is 11.4 Å². The lowest BCUT2D eigenvalue weighted by Gasteiger charge is -2.48. The lowest BCUT2D eigenvalue weighted by Crippen LogP contribution is -2.57. The Morgan fingerprint density at radius 1 is 0.947 bits per heavy atom. The van der Waals surface area contributed by atoms with E-state index in [1.807, 2.05) is 6.92 Å². The number of aryl methyl sites for hydroxylation is 1. The van der Waals surface area contributed by atoms with Crippen LogP contribution >= 0.6 is 11.6 Å². The van der Waals surface area contributed by atoms with E-state index in [-0.39, 0.29) is 46.2 Å². The third-order valence-electron chi connectivity index (χ3n) is 7.28. The highest BCUT2D eigenvalue weighted by molar-refractivity contribution is 6.34. The fraction of sp³-hybridized carbons (Fsp3) is 0.276. The summed E-state index contributed by atoms with van der Waals surface area (Å²) in [5.74, 6) is -0.423. The first kappa shape index (κ1) is 25.8. The number of pyridine rings is 2. The Kier molecular flexibility index (Phi) is 6.91. The molecule has 2 aromatic carbocycles. The summed E-state index contributed by atoms with van der Waals surface area (Å²) in [5.41, 5.74) is 3.09. The topological polar surface area (TPSA) is 45.7 Å². The van der Waals surface area contributed by atoms with Crippen molar-refractivity contribution in [3.05, 3.63) is 110 Å². The molecule has 0 N–H and O–H groups in total. The van der Waals surface area contributed by atoms with Gasteiger partial charge in [0.1, 0.15) is 22.3 Å². The number of piperazine rings is 1. The maximum absolute atomic E-state index is 13.8. The number of aromatic nitrogens is 2. The van der Waals surface area contributed by atoms with Gasteiger partial charge in [-0.25, -0.2) is 8.78 Å². The van der Waals surface area contributed by atoms with Gasteiger partial charge >= 0.3 is 0 Å². The van der Waals surface area contributed by atoms with Gasteiger partial charge in [0.05, 0.1) is 11.6 Å². The molecule has 1 aliphatic rings. The Hall–Kier alpha value is -3.80. The van der Waals surface area contributed by atoms with Crippen LogP contribution in [0.1, 0.15) is 31.0 Å². The van der Waals surface area contributed by atoms with Gasteiger partial charge in [-0.2, -0.15) is 0 Å². The molecule has 0 radical (unpaired) electrons. The minimum Gasteiger partial charge on any atom is -0.361 e. The second kappa shape index (κ2) is 10.2. The first-order chi connectivity index (χ1) is 18.2. The molecule has 0 saturated carbocycles. The molecular formula is C29H26ClF2N5O. The van der Waals surface area contributed by atoms with E-state index in [9.17, 15) is 13.6 Å². The van der Waals surface area contributed by atoms with Crippen molar-refractivity contribution in [2.75, 3.05) is 18.0 Å². The highest BCUT2D eigenvalue weighted by Gasteiger charge is 2.37. The van der Waals surface area contributed by atoms with Gasteiger partial charge in [-0.3, -0.25) is 9.69 Å². The van der Waals surface area contributed by atoms with Crippen molar-refractivity contribution >= 4 is 34.1 Å². The summed E-state index contributed by atoms with van der Waals surface area (Å²) in [7, 11) is 1.64. The molecule has 1 saturated heterocycles. The quantitative estimate of drug-likeness (QED) is 0.297. The molecule has 0 aliphatic carbocycles. The molecule has 9 heteroatoms. The summed E-state index contributed by atoms with van der Waals surface area (Å²) < 4.78 is 29.0. The number of hydrogen-bond acceptors (Lipinski definition) is 4. The molecule has 3 heterocycles. The summed E-state index contributed by atoms with van der Waals surface area (Å²) in [4.78, 5) is 25.4. The highest BCUT2D eigenvalue weighted by atomic mass is 35.5. The molecule has 5 rings (SSSR count). The number of benzene rings is 2. The van der Waals surface area contributed by atoms with Crippen molar-refractivity contribution in [2.45, 2.75) is 32.0 Å². The molecule has 4 aromatic rings. The summed E-state index contributed by atoms with van der Waals surface area (Å²) in [6.45, 7) is 12.6. The first-order valence-electron chi connectivity index (χ1n) is 12.3. The monoisotopic (exact) mass is 533 g/mol. The van der Waals surface area contributed by atoms with Crippen LogP contribution in [-0.2, 0) is 7.05 Å².